The fourth-order valence-electron chi connectivity index (χ4n) is 2.87. The van der Waals surface area contributed by atoms with Gasteiger partial charge in [-0.15, -0.1) is 0 Å². The normalized spacial score (nSPS) is 12.0. The van der Waals surface area contributed by atoms with E-state index in [-0.39, 0.29) is 24.0 Å². The van der Waals surface area contributed by atoms with Crippen molar-refractivity contribution in [2.45, 2.75) is 6.04 Å². The fraction of sp³-hybridized carbons (Fsp3) is 0.190. The van der Waals surface area contributed by atoms with Crippen LogP contribution in [0.15, 0.2) is 65.6 Å². The van der Waals surface area contributed by atoms with Gasteiger partial charge in [-0.3, -0.25) is 9.59 Å². The minimum atomic E-state index is -0.512. The minimum Gasteiger partial charge on any atom is -0.350 e. The summed E-state index contributed by atoms with van der Waals surface area (Å²) in [6.07, 6.45) is 1.28. The molecule has 0 aliphatic carbocycles. The molecule has 1 aromatic heterocycles. The predicted molar refractivity (Wildman–Crippen MR) is 105 cm³/mol. The van der Waals surface area contributed by atoms with E-state index in [1.807, 2.05) is 49.3 Å². The van der Waals surface area contributed by atoms with Crippen molar-refractivity contribution < 1.29 is 9.18 Å². The van der Waals surface area contributed by atoms with Gasteiger partial charge >= 0.3 is 0 Å². The van der Waals surface area contributed by atoms with E-state index in [0.29, 0.717) is 5.82 Å². The molecule has 3 rings (SSSR count). The number of nitrogens with zero attached hydrogens (tertiary/aromatic N) is 2. The van der Waals surface area contributed by atoms with Crippen LogP contribution in [0, 0.1) is 5.82 Å². The van der Waals surface area contributed by atoms with Gasteiger partial charge in [0.15, 0.2) is 0 Å². The van der Waals surface area contributed by atoms with Crippen molar-refractivity contribution in [1.82, 2.24) is 20.2 Å². The molecule has 7 heteroatoms. The fourth-order valence-corrected chi connectivity index (χ4v) is 2.87. The molecule has 0 fully saturated rings. The van der Waals surface area contributed by atoms with Gasteiger partial charge in [0.25, 0.3) is 11.5 Å². The summed E-state index contributed by atoms with van der Waals surface area (Å²) >= 11 is 0. The van der Waals surface area contributed by atoms with Crippen LogP contribution in [0.1, 0.15) is 22.0 Å². The maximum absolute atomic E-state index is 13.2. The van der Waals surface area contributed by atoms with Crippen LogP contribution in [0.25, 0.3) is 11.4 Å². The van der Waals surface area contributed by atoms with Crippen LogP contribution >= 0.6 is 0 Å². The number of benzene rings is 2. The molecule has 2 N–H and O–H groups in total. The average molecular weight is 380 g/mol. The van der Waals surface area contributed by atoms with Crippen LogP contribution in [0.3, 0.4) is 0 Å². The molecule has 1 heterocycles. The lowest BCUT2D eigenvalue weighted by atomic mass is 10.1. The number of nitrogens with one attached hydrogen (secondary N) is 2. The third kappa shape index (κ3) is 4.50. The molecular formula is C21H21FN4O2. The second kappa shape index (κ2) is 8.58. The number of carbonyl (C=O) groups excluding carboxylic acids is 1. The maximum atomic E-state index is 13.2. The monoisotopic (exact) mass is 380 g/mol. The second-order valence-corrected chi connectivity index (χ2v) is 6.58. The van der Waals surface area contributed by atoms with Gasteiger partial charge in [0.2, 0.25) is 0 Å². The highest BCUT2D eigenvalue weighted by Crippen LogP contribution is 2.18. The van der Waals surface area contributed by atoms with Crippen LogP contribution in [-0.2, 0) is 0 Å². The first-order valence-corrected chi connectivity index (χ1v) is 8.80. The Bertz CT molecular complexity index is 1000. The van der Waals surface area contributed by atoms with Crippen molar-refractivity contribution in [3.8, 4) is 11.4 Å². The van der Waals surface area contributed by atoms with E-state index in [9.17, 15) is 14.0 Å². The van der Waals surface area contributed by atoms with Crippen LogP contribution in [0.4, 0.5) is 4.39 Å². The van der Waals surface area contributed by atoms with Gasteiger partial charge in [-0.1, -0.05) is 42.5 Å². The zero-order chi connectivity index (χ0) is 20.1. The number of H-pyrrole nitrogens is 1. The molecule has 0 aliphatic rings. The first-order valence-electron chi connectivity index (χ1n) is 8.80. The van der Waals surface area contributed by atoms with Crippen LogP contribution in [-0.4, -0.2) is 41.4 Å². The minimum absolute atomic E-state index is 0.0590. The molecule has 1 unspecified atom stereocenters. The molecule has 1 amide bonds. The number of carbonyl (C=O) groups is 1. The van der Waals surface area contributed by atoms with Gasteiger partial charge in [-0.05, 0) is 31.8 Å². The Hall–Kier alpha value is -3.32. The van der Waals surface area contributed by atoms with Gasteiger partial charge in [-0.25, -0.2) is 9.37 Å². The number of rotatable bonds is 6. The van der Waals surface area contributed by atoms with Crippen LogP contribution in [0.2, 0.25) is 0 Å². The number of hydrogen-bond acceptors (Lipinski definition) is 4. The zero-order valence-corrected chi connectivity index (χ0v) is 15.6. The van der Waals surface area contributed by atoms with E-state index in [2.05, 4.69) is 15.3 Å². The molecule has 2 aromatic carbocycles. The van der Waals surface area contributed by atoms with E-state index >= 15 is 0 Å². The van der Waals surface area contributed by atoms with Gasteiger partial charge in [0.05, 0.1) is 6.04 Å². The molecule has 28 heavy (non-hydrogen) atoms. The Morgan fingerprint density at radius 3 is 2.43 bits per heavy atom. The lowest BCUT2D eigenvalue weighted by Gasteiger charge is -2.25. The summed E-state index contributed by atoms with van der Waals surface area (Å²) < 4.78 is 13.2. The van der Waals surface area contributed by atoms with E-state index < -0.39 is 11.5 Å². The van der Waals surface area contributed by atoms with Crippen molar-refractivity contribution >= 4 is 5.91 Å². The van der Waals surface area contributed by atoms with Gasteiger partial charge < -0.3 is 15.2 Å². The summed E-state index contributed by atoms with van der Waals surface area (Å²) in [6, 6.07) is 15.1. The molecule has 3 aromatic rings. The lowest BCUT2D eigenvalue weighted by molar-refractivity contribution is 0.0940. The maximum Gasteiger partial charge on any atom is 0.264 e. The Morgan fingerprint density at radius 1 is 1.14 bits per heavy atom. The Morgan fingerprint density at radius 2 is 1.82 bits per heavy atom. The van der Waals surface area contributed by atoms with E-state index in [1.54, 1.807) is 12.1 Å². The Labute approximate surface area is 162 Å². The standard InChI is InChI=1S/C21H21FN4O2/c1-26(2)18(14-8-10-16(22)11-9-14)13-24-20(27)17-12-23-19(25-21(17)28)15-6-4-3-5-7-15/h3-12,18H,13H2,1-2H3,(H,24,27)(H,23,25,28). The van der Waals surface area contributed by atoms with Gasteiger partial charge in [0, 0.05) is 18.3 Å². The topological polar surface area (TPSA) is 78.1 Å². The quantitative estimate of drug-likeness (QED) is 0.689. The SMILES string of the molecule is CN(C)C(CNC(=O)c1cnc(-c2ccccc2)[nH]c1=O)c1ccc(F)cc1. The highest BCUT2D eigenvalue weighted by atomic mass is 19.1. The van der Waals surface area contributed by atoms with Gasteiger partial charge in [0.1, 0.15) is 17.2 Å². The summed E-state index contributed by atoms with van der Waals surface area (Å²) in [5.74, 6) is -0.427. The number of aromatic amines is 1. The van der Waals surface area contributed by atoms with Crippen molar-refractivity contribution in [2.24, 2.45) is 0 Å². The van der Waals surface area contributed by atoms with Crippen molar-refractivity contribution in [3.63, 3.8) is 0 Å². The smallest absolute Gasteiger partial charge is 0.264 e. The van der Waals surface area contributed by atoms with Crippen LogP contribution in [0.5, 0.6) is 0 Å². The number of likely N-dealkylation sites (N-methyl/N-ethyl adjacent to an activating group) is 1. The number of hydrogen-bond donors (Lipinski definition) is 2. The molecule has 0 bridgehead atoms. The summed E-state index contributed by atoms with van der Waals surface area (Å²) in [4.78, 5) is 33.6. The molecule has 0 saturated carbocycles. The van der Waals surface area contributed by atoms with Gasteiger partial charge in [-0.2, -0.15) is 0 Å². The number of halogens is 1. The van der Waals surface area contributed by atoms with Crippen molar-refractivity contribution in [3.05, 3.63) is 88.1 Å². The van der Waals surface area contributed by atoms with E-state index in [0.717, 1.165) is 11.1 Å². The van der Waals surface area contributed by atoms with Crippen molar-refractivity contribution in [1.29, 1.82) is 0 Å². The molecule has 0 radical (unpaired) electrons. The Kier molecular flexibility index (Phi) is 5.96. The summed E-state index contributed by atoms with van der Waals surface area (Å²) in [7, 11) is 3.73. The predicted octanol–water partition coefficient (Wildman–Crippen LogP) is 2.61. The first kappa shape index (κ1) is 19.4. The second-order valence-electron chi connectivity index (χ2n) is 6.58. The molecule has 0 saturated heterocycles. The first-order chi connectivity index (χ1) is 13.5. The average Bonchev–Trinajstić information content (AvgIpc) is 2.69. The highest BCUT2D eigenvalue weighted by Gasteiger charge is 2.18. The largest absolute Gasteiger partial charge is 0.350 e. The van der Waals surface area contributed by atoms with E-state index in [1.165, 1.54) is 18.3 Å². The van der Waals surface area contributed by atoms with Crippen LogP contribution < -0.4 is 10.9 Å². The Balaban J connectivity index is 1.73. The molecular weight excluding hydrogens is 359 g/mol. The summed E-state index contributed by atoms with van der Waals surface area (Å²) in [5, 5.41) is 2.76. The highest BCUT2D eigenvalue weighted by molar-refractivity contribution is 5.93. The van der Waals surface area contributed by atoms with E-state index in [4.69, 9.17) is 0 Å². The van der Waals surface area contributed by atoms with Crippen molar-refractivity contribution in [2.75, 3.05) is 20.6 Å². The third-order valence-corrected chi connectivity index (χ3v) is 4.43. The molecule has 6 nitrogen and oxygen atoms in total. The number of amides is 1. The molecule has 0 spiro atoms. The number of aromatic nitrogens is 2. The molecule has 0 aliphatic heterocycles. The summed E-state index contributed by atoms with van der Waals surface area (Å²) in [5.41, 5.74) is 1.06. The molecule has 144 valence electrons. The summed E-state index contributed by atoms with van der Waals surface area (Å²) in [6.45, 7) is 0.261. The third-order valence-electron chi connectivity index (χ3n) is 4.43. The lowest BCUT2D eigenvalue weighted by Crippen LogP contribution is -2.36. The molecule has 1 atom stereocenters. The zero-order valence-electron chi connectivity index (χ0n) is 15.6.